The van der Waals surface area contributed by atoms with Crippen LogP contribution in [0.1, 0.15) is 19.0 Å². The van der Waals surface area contributed by atoms with Gasteiger partial charge in [0.1, 0.15) is 10.7 Å². The van der Waals surface area contributed by atoms with Crippen LogP contribution in [0.15, 0.2) is 47.3 Å². The second-order valence-corrected chi connectivity index (χ2v) is 6.78. The van der Waals surface area contributed by atoms with Crippen LogP contribution in [0.4, 0.5) is 0 Å². The smallest absolute Gasteiger partial charge is 0.266 e. The van der Waals surface area contributed by atoms with Gasteiger partial charge in [-0.25, -0.2) is 9.67 Å². The summed E-state index contributed by atoms with van der Waals surface area (Å²) in [7, 11) is 0. The Morgan fingerprint density at radius 3 is 2.69 bits per heavy atom. The number of benzene rings is 1. The van der Waals surface area contributed by atoms with Gasteiger partial charge in [-0.05, 0) is 13.0 Å². The normalized spacial score (nSPS) is 10.7. The van der Waals surface area contributed by atoms with Crippen LogP contribution in [0.5, 0.6) is 0 Å². The second kappa shape index (κ2) is 8.05. The van der Waals surface area contributed by atoms with Crippen LogP contribution in [0.25, 0.3) is 21.1 Å². The molecule has 3 aromatic rings. The lowest BCUT2D eigenvalue weighted by molar-refractivity contribution is -0.120. The molecule has 0 bridgehead atoms. The van der Waals surface area contributed by atoms with Crippen molar-refractivity contribution in [1.82, 2.24) is 20.1 Å². The first-order valence-electron chi connectivity index (χ1n) is 8.46. The molecule has 0 aliphatic heterocycles. The van der Waals surface area contributed by atoms with Gasteiger partial charge in [0.25, 0.3) is 5.56 Å². The van der Waals surface area contributed by atoms with Gasteiger partial charge in [-0.15, -0.1) is 11.3 Å². The van der Waals surface area contributed by atoms with Crippen molar-refractivity contribution in [3.63, 3.8) is 0 Å². The van der Waals surface area contributed by atoms with Gasteiger partial charge in [0.2, 0.25) is 5.91 Å². The van der Waals surface area contributed by atoms with Crippen LogP contribution in [-0.4, -0.2) is 27.2 Å². The van der Waals surface area contributed by atoms with Crippen LogP contribution in [-0.2, 0) is 11.3 Å². The molecule has 7 heteroatoms. The van der Waals surface area contributed by atoms with E-state index in [1.807, 2.05) is 37.3 Å². The van der Waals surface area contributed by atoms with E-state index in [-0.39, 0.29) is 11.5 Å². The zero-order chi connectivity index (χ0) is 18.5. The molecule has 3 rings (SSSR count). The lowest BCUT2D eigenvalue weighted by Gasteiger charge is -2.07. The van der Waals surface area contributed by atoms with E-state index in [0.717, 1.165) is 21.1 Å². The molecule has 0 saturated heterocycles. The first-order valence-corrected chi connectivity index (χ1v) is 9.28. The van der Waals surface area contributed by atoms with Gasteiger partial charge in [-0.2, -0.15) is 5.10 Å². The van der Waals surface area contributed by atoms with E-state index in [0.29, 0.717) is 25.2 Å². The van der Waals surface area contributed by atoms with Crippen LogP contribution >= 0.6 is 11.3 Å². The predicted octanol–water partition coefficient (Wildman–Crippen LogP) is 2.87. The van der Waals surface area contributed by atoms with E-state index in [9.17, 15) is 9.59 Å². The number of carbonyl (C=O) groups excluding carboxylic acids is 1. The van der Waals surface area contributed by atoms with Gasteiger partial charge in [0, 0.05) is 24.6 Å². The number of hydrogen-bond donors (Lipinski definition) is 1. The Morgan fingerprint density at radius 1 is 1.19 bits per heavy atom. The number of rotatable bonds is 6. The van der Waals surface area contributed by atoms with Gasteiger partial charge in [-0.3, -0.25) is 9.59 Å². The summed E-state index contributed by atoms with van der Waals surface area (Å²) < 4.78 is 1.38. The number of amides is 1. The van der Waals surface area contributed by atoms with Gasteiger partial charge in [-0.1, -0.05) is 37.3 Å². The molecule has 2 aromatic heterocycles. The van der Waals surface area contributed by atoms with Crippen molar-refractivity contribution in [2.45, 2.75) is 26.8 Å². The van der Waals surface area contributed by atoms with E-state index in [4.69, 9.17) is 0 Å². The Labute approximate surface area is 155 Å². The number of hydrogen-bond acceptors (Lipinski definition) is 5. The van der Waals surface area contributed by atoms with Crippen molar-refractivity contribution in [3.05, 3.63) is 58.5 Å². The molecule has 2 heterocycles. The molecule has 0 radical (unpaired) electrons. The molecule has 0 aliphatic carbocycles. The van der Waals surface area contributed by atoms with Crippen molar-refractivity contribution in [1.29, 1.82) is 0 Å². The van der Waals surface area contributed by atoms with Gasteiger partial charge in [0.05, 0.1) is 17.1 Å². The standard InChI is InChI=1S/C19H20N4O2S/c1-3-16(24)20-11-12-23-17(25)10-9-15(22-23)18-13(2)21-19(26-18)14-7-5-4-6-8-14/h4-10H,3,11-12H2,1-2H3,(H,20,24). The summed E-state index contributed by atoms with van der Waals surface area (Å²) in [5.41, 5.74) is 2.46. The van der Waals surface area contributed by atoms with Crippen LogP contribution in [0.3, 0.4) is 0 Å². The number of aromatic nitrogens is 3. The fourth-order valence-corrected chi connectivity index (χ4v) is 3.53. The highest BCUT2D eigenvalue weighted by Crippen LogP contribution is 2.33. The van der Waals surface area contributed by atoms with E-state index in [2.05, 4.69) is 15.4 Å². The molecule has 6 nitrogen and oxygen atoms in total. The third-order valence-electron chi connectivity index (χ3n) is 3.88. The monoisotopic (exact) mass is 368 g/mol. The Kier molecular flexibility index (Phi) is 5.58. The molecule has 0 saturated carbocycles. The van der Waals surface area contributed by atoms with Crippen molar-refractivity contribution in [2.24, 2.45) is 0 Å². The summed E-state index contributed by atoms with van der Waals surface area (Å²) >= 11 is 1.55. The van der Waals surface area contributed by atoms with Crippen LogP contribution < -0.4 is 10.9 Å². The molecule has 0 spiro atoms. The molecule has 26 heavy (non-hydrogen) atoms. The molecule has 1 N–H and O–H groups in total. The summed E-state index contributed by atoms with van der Waals surface area (Å²) in [4.78, 5) is 28.9. The largest absolute Gasteiger partial charge is 0.354 e. The van der Waals surface area contributed by atoms with E-state index >= 15 is 0 Å². The first-order chi connectivity index (χ1) is 12.6. The number of carbonyl (C=O) groups is 1. The lowest BCUT2D eigenvalue weighted by atomic mass is 10.2. The molecule has 0 fully saturated rings. The quantitative estimate of drug-likeness (QED) is 0.726. The Hall–Kier alpha value is -2.80. The Morgan fingerprint density at radius 2 is 1.96 bits per heavy atom. The summed E-state index contributed by atoms with van der Waals surface area (Å²) in [6.07, 6.45) is 0.421. The molecule has 1 amide bonds. The van der Waals surface area contributed by atoms with E-state index in [1.54, 1.807) is 24.3 Å². The Balaban J connectivity index is 1.86. The third kappa shape index (κ3) is 4.05. The molecule has 1 aromatic carbocycles. The van der Waals surface area contributed by atoms with Crippen molar-refractivity contribution >= 4 is 17.2 Å². The average molecular weight is 368 g/mol. The third-order valence-corrected chi connectivity index (χ3v) is 5.11. The number of nitrogens with one attached hydrogen (secondary N) is 1. The maximum absolute atomic E-state index is 12.0. The summed E-state index contributed by atoms with van der Waals surface area (Å²) in [6.45, 7) is 4.44. The van der Waals surface area contributed by atoms with Crippen molar-refractivity contribution in [2.75, 3.05) is 6.54 Å². The molecule has 0 unspecified atom stereocenters. The molecule has 0 aliphatic rings. The van der Waals surface area contributed by atoms with Crippen LogP contribution in [0, 0.1) is 6.92 Å². The zero-order valence-corrected chi connectivity index (χ0v) is 15.5. The van der Waals surface area contributed by atoms with Gasteiger partial charge < -0.3 is 5.32 Å². The van der Waals surface area contributed by atoms with Gasteiger partial charge >= 0.3 is 0 Å². The predicted molar refractivity (Wildman–Crippen MR) is 103 cm³/mol. The molecular weight excluding hydrogens is 348 g/mol. The van der Waals surface area contributed by atoms with E-state index in [1.165, 1.54) is 10.7 Å². The minimum Gasteiger partial charge on any atom is -0.354 e. The number of thiazole rings is 1. The summed E-state index contributed by atoms with van der Waals surface area (Å²) in [5, 5.41) is 8.14. The fraction of sp³-hybridized carbons (Fsp3) is 0.263. The van der Waals surface area contributed by atoms with Crippen LogP contribution in [0.2, 0.25) is 0 Å². The lowest BCUT2D eigenvalue weighted by Crippen LogP contribution is -2.31. The zero-order valence-electron chi connectivity index (χ0n) is 14.7. The summed E-state index contributed by atoms with van der Waals surface area (Å²) in [6, 6.07) is 13.2. The maximum Gasteiger partial charge on any atom is 0.266 e. The minimum atomic E-state index is -0.190. The van der Waals surface area contributed by atoms with Gasteiger partial charge in [0.15, 0.2) is 0 Å². The average Bonchev–Trinajstić information content (AvgIpc) is 3.05. The van der Waals surface area contributed by atoms with E-state index < -0.39 is 0 Å². The molecular formula is C19H20N4O2S. The maximum atomic E-state index is 12.0. The Bertz CT molecular complexity index is 963. The van der Waals surface area contributed by atoms with Crippen molar-refractivity contribution < 1.29 is 4.79 Å². The highest BCUT2D eigenvalue weighted by atomic mass is 32.1. The van der Waals surface area contributed by atoms with Crippen molar-refractivity contribution in [3.8, 4) is 21.1 Å². The SMILES string of the molecule is CCC(=O)NCCn1nc(-c2sc(-c3ccccc3)nc2C)ccc1=O. The topological polar surface area (TPSA) is 76.9 Å². The highest BCUT2D eigenvalue weighted by Gasteiger charge is 2.13. The minimum absolute atomic E-state index is 0.0417. The number of nitrogens with zero attached hydrogens (tertiary/aromatic N) is 3. The summed E-state index contributed by atoms with van der Waals surface area (Å²) in [5.74, 6) is -0.0417. The highest BCUT2D eigenvalue weighted by molar-refractivity contribution is 7.18. The number of aryl methyl sites for hydroxylation is 1. The second-order valence-electron chi connectivity index (χ2n) is 5.78. The first kappa shape index (κ1) is 18.0. The molecule has 134 valence electrons. The fourth-order valence-electron chi connectivity index (χ4n) is 2.49. The molecule has 0 atom stereocenters.